The van der Waals surface area contributed by atoms with Gasteiger partial charge in [-0.15, -0.1) is 0 Å². The fraction of sp³-hybridized carbons (Fsp3) is 0. The standard InChI is InChI=1S/C60H40N2O/c1-3-16-41(17-4-1)44-20-11-23-48(38-44)61(47-36-34-42(35-37-47)45-21-12-25-50(39-45)62-56-31-9-7-26-53(56)54-27-8-10-32-57(54)62)49-24-13-22-46(40-49)51-28-15-33-58-59(51)55-30-14-29-52(60(55)63-58)43-18-5-2-6-19-43/h1-40H. The molecule has 0 unspecified atom stereocenters. The zero-order valence-electron chi connectivity index (χ0n) is 34.4. The summed E-state index contributed by atoms with van der Waals surface area (Å²) in [4.78, 5) is 2.37. The van der Waals surface area contributed by atoms with Crippen LogP contribution in [-0.2, 0) is 0 Å². The minimum atomic E-state index is 0.876. The van der Waals surface area contributed by atoms with E-state index in [0.717, 1.165) is 83.6 Å². The Kier molecular flexibility index (Phi) is 8.83. The number of fused-ring (bicyclic) bond motifs is 6. The molecule has 2 aromatic heterocycles. The van der Waals surface area contributed by atoms with Gasteiger partial charge in [-0.3, -0.25) is 0 Å². The van der Waals surface area contributed by atoms with Crippen molar-refractivity contribution in [3.8, 4) is 50.2 Å². The van der Waals surface area contributed by atoms with E-state index in [4.69, 9.17) is 4.42 Å². The molecule has 0 fully saturated rings. The number of para-hydroxylation sites is 3. The first-order valence-corrected chi connectivity index (χ1v) is 21.5. The second-order valence-corrected chi connectivity index (χ2v) is 16.1. The fourth-order valence-corrected chi connectivity index (χ4v) is 9.48. The summed E-state index contributed by atoms with van der Waals surface area (Å²) in [5.74, 6) is 0. The van der Waals surface area contributed by atoms with Crippen LogP contribution in [0.25, 0.3) is 93.9 Å². The van der Waals surface area contributed by atoms with E-state index in [2.05, 4.69) is 252 Å². The summed E-state index contributed by atoms with van der Waals surface area (Å²) in [7, 11) is 0. The molecule has 0 aliphatic carbocycles. The summed E-state index contributed by atoms with van der Waals surface area (Å²) >= 11 is 0. The molecule has 12 rings (SSSR count). The number of benzene rings is 10. The van der Waals surface area contributed by atoms with Crippen molar-refractivity contribution in [1.29, 1.82) is 0 Å². The SMILES string of the molecule is c1ccc(-c2cccc(N(c3ccc(-c4cccc(-n5c6ccccc6c6ccccc65)c4)cc3)c3cccc(-c4cccc5oc6c(-c7ccccc7)cccc6c45)c3)c2)cc1. The average molecular weight is 805 g/mol. The summed E-state index contributed by atoms with van der Waals surface area (Å²) in [5, 5.41) is 4.75. The van der Waals surface area contributed by atoms with Crippen molar-refractivity contribution in [2.75, 3.05) is 4.90 Å². The third-order valence-corrected chi connectivity index (χ3v) is 12.4. The number of aromatic nitrogens is 1. The van der Waals surface area contributed by atoms with Crippen LogP contribution in [0.2, 0.25) is 0 Å². The predicted octanol–water partition coefficient (Wildman–Crippen LogP) is 16.8. The van der Waals surface area contributed by atoms with Crippen LogP contribution in [-0.4, -0.2) is 4.57 Å². The van der Waals surface area contributed by atoms with Gasteiger partial charge in [-0.25, -0.2) is 0 Å². The second kappa shape index (κ2) is 15.3. The van der Waals surface area contributed by atoms with Gasteiger partial charge in [0.25, 0.3) is 0 Å². The summed E-state index contributed by atoms with van der Waals surface area (Å²) < 4.78 is 9.05. The molecule has 0 atom stereocenters. The second-order valence-electron chi connectivity index (χ2n) is 16.1. The van der Waals surface area contributed by atoms with Crippen LogP contribution >= 0.6 is 0 Å². The summed E-state index contributed by atoms with van der Waals surface area (Å²) in [6, 6.07) is 87.0. The van der Waals surface area contributed by atoms with Crippen molar-refractivity contribution in [2.45, 2.75) is 0 Å². The molecule has 0 amide bonds. The molecular formula is C60H40N2O. The van der Waals surface area contributed by atoms with Gasteiger partial charge in [0.05, 0.1) is 11.0 Å². The highest BCUT2D eigenvalue weighted by Crippen LogP contribution is 2.43. The van der Waals surface area contributed by atoms with E-state index < -0.39 is 0 Å². The zero-order chi connectivity index (χ0) is 41.7. The molecule has 0 spiro atoms. The average Bonchev–Trinajstić information content (AvgIpc) is 3.91. The number of rotatable bonds is 8. The van der Waals surface area contributed by atoms with Gasteiger partial charge < -0.3 is 13.9 Å². The molecule has 10 aromatic carbocycles. The number of hydrogen-bond acceptors (Lipinski definition) is 2. The maximum absolute atomic E-state index is 6.67. The van der Waals surface area contributed by atoms with Crippen molar-refractivity contribution in [1.82, 2.24) is 4.57 Å². The molecule has 12 aromatic rings. The third kappa shape index (κ3) is 6.38. The van der Waals surface area contributed by atoms with Crippen LogP contribution in [0, 0.1) is 0 Å². The first-order chi connectivity index (χ1) is 31.2. The Labute approximate surface area is 366 Å². The largest absolute Gasteiger partial charge is 0.455 e. The minimum Gasteiger partial charge on any atom is -0.455 e. The Morgan fingerprint density at radius 3 is 1.54 bits per heavy atom. The number of furan rings is 1. The van der Waals surface area contributed by atoms with Gasteiger partial charge in [0.2, 0.25) is 0 Å². The highest BCUT2D eigenvalue weighted by molar-refractivity contribution is 6.15. The normalized spacial score (nSPS) is 11.5. The highest BCUT2D eigenvalue weighted by atomic mass is 16.3. The Morgan fingerprint density at radius 1 is 0.317 bits per heavy atom. The molecule has 3 nitrogen and oxygen atoms in total. The monoisotopic (exact) mass is 804 g/mol. The van der Waals surface area contributed by atoms with Gasteiger partial charge in [0.15, 0.2) is 0 Å². The van der Waals surface area contributed by atoms with Gasteiger partial charge in [-0.2, -0.15) is 0 Å². The van der Waals surface area contributed by atoms with Crippen molar-refractivity contribution < 1.29 is 4.42 Å². The zero-order valence-corrected chi connectivity index (χ0v) is 34.4. The fourth-order valence-electron chi connectivity index (χ4n) is 9.48. The van der Waals surface area contributed by atoms with E-state index >= 15 is 0 Å². The molecule has 2 heterocycles. The van der Waals surface area contributed by atoms with Crippen LogP contribution in [0.15, 0.2) is 247 Å². The number of nitrogens with zero attached hydrogens (tertiary/aromatic N) is 2. The topological polar surface area (TPSA) is 21.3 Å². The molecular weight excluding hydrogens is 765 g/mol. The van der Waals surface area contributed by atoms with Crippen LogP contribution in [0.4, 0.5) is 17.1 Å². The molecule has 63 heavy (non-hydrogen) atoms. The molecule has 3 heteroatoms. The summed E-state index contributed by atoms with van der Waals surface area (Å²) in [6.07, 6.45) is 0. The van der Waals surface area contributed by atoms with Crippen molar-refractivity contribution in [2.24, 2.45) is 0 Å². The molecule has 0 radical (unpaired) electrons. The van der Waals surface area contributed by atoms with Crippen LogP contribution < -0.4 is 4.90 Å². The van der Waals surface area contributed by atoms with Crippen molar-refractivity contribution in [3.05, 3.63) is 243 Å². The Hall–Kier alpha value is -8.40. The third-order valence-electron chi connectivity index (χ3n) is 12.4. The van der Waals surface area contributed by atoms with E-state index in [0.29, 0.717) is 0 Å². The van der Waals surface area contributed by atoms with Crippen molar-refractivity contribution >= 4 is 60.8 Å². The van der Waals surface area contributed by atoms with Crippen LogP contribution in [0.5, 0.6) is 0 Å². The molecule has 296 valence electrons. The molecule has 0 saturated carbocycles. The van der Waals surface area contributed by atoms with E-state index in [1.165, 1.54) is 27.4 Å². The molecule has 0 saturated heterocycles. The van der Waals surface area contributed by atoms with Crippen LogP contribution in [0.1, 0.15) is 0 Å². The number of anilines is 3. The Morgan fingerprint density at radius 2 is 0.825 bits per heavy atom. The number of hydrogen-bond donors (Lipinski definition) is 0. The van der Waals surface area contributed by atoms with E-state index in [-0.39, 0.29) is 0 Å². The maximum atomic E-state index is 6.67. The lowest BCUT2D eigenvalue weighted by Crippen LogP contribution is -2.10. The summed E-state index contributed by atoms with van der Waals surface area (Å²) in [5.41, 5.74) is 17.7. The van der Waals surface area contributed by atoms with Crippen LogP contribution in [0.3, 0.4) is 0 Å². The van der Waals surface area contributed by atoms with E-state index in [1.807, 2.05) is 0 Å². The van der Waals surface area contributed by atoms with Gasteiger partial charge in [0, 0.05) is 49.9 Å². The first-order valence-electron chi connectivity index (χ1n) is 21.5. The maximum Gasteiger partial charge on any atom is 0.143 e. The Bertz CT molecular complexity index is 3570. The quantitative estimate of drug-likeness (QED) is 0.153. The van der Waals surface area contributed by atoms with E-state index in [1.54, 1.807) is 0 Å². The predicted molar refractivity (Wildman–Crippen MR) is 264 cm³/mol. The van der Waals surface area contributed by atoms with Crippen molar-refractivity contribution in [3.63, 3.8) is 0 Å². The summed E-state index contributed by atoms with van der Waals surface area (Å²) in [6.45, 7) is 0. The molecule has 0 aliphatic rings. The first kappa shape index (κ1) is 36.5. The lowest BCUT2D eigenvalue weighted by Gasteiger charge is -2.27. The van der Waals surface area contributed by atoms with Gasteiger partial charge in [-0.05, 0) is 106 Å². The molecule has 0 aliphatic heterocycles. The smallest absolute Gasteiger partial charge is 0.143 e. The Balaban J connectivity index is 0.970. The lowest BCUT2D eigenvalue weighted by atomic mass is 9.97. The highest BCUT2D eigenvalue weighted by Gasteiger charge is 2.19. The lowest BCUT2D eigenvalue weighted by molar-refractivity contribution is 0.670. The van der Waals surface area contributed by atoms with Gasteiger partial charge in [-0.1, -0.05) is 176 Å². The molecule has 0 bridgehead atoms. The van der Waals surface area contributed by atoms with Gasteiger partial charge >= 0.3 is 0 Å². The van der Waals surface area contributed by atoms with E-state index in [9.17, 15) is 0 Å². The van der Waals surface area contributed by atoms with Gasteiger partial charge in [0.1, 0.15) is 11.2 Å². The minimum absolute atomic E-state index is 0.876. The molecule has 0 N–H and O–H groups in total.